The van der Waals surface area contributed by atoms with Crippen molar-refractivity contribution in [2.75, 3.05) is 11.9 Å². The number of aliphatic hydroxyl groups is 1. The van der Waals surface area contributed by atoms with E-state index in [0.717, 1.165) is 12.1 Å². The number of benzene rings is 1. The van der Waals surface area contributed by atoms with Crippen LogP contribution in [-0.4, -0.2) is 43.3 Å². The molecule has 144 valence electrons. The smallest absolute Gasteiger partial charge is 0.507 e. The van der Waals surface area contributed by atoms with Crippen molar-refractivity contribution in [1.82, 2.24) is 14.6 Å². The van der Waals surface area contributed by atoms with E-state index in [1.165, 1.54) is 6.07 Å². The summed E-state index contributed by atoms with van der Waals surface area (Å²) >= 11 is 0. The van der Waals surface area contributed by atoms with Crippen molar-refractivity contribution in [3.63, 3.8) is 0 Å². The number of alkyl halides is 3. The van der Waals surface area contributed by atoms with Gasteiger partial charge in [0.1, 0.15) is 17.2 Å². The first-order chi connectivity index (χ1) is 12.5. The van der Waals surface area contributed by atoms with Crippen LogP contribution < -0.4 is 10.1 Å². The monoisotopic (exact) mass is 382 g/mol. The van der Waals surface area contributed by atoms with Crippen LogP contribution in [0.4, 0.5) is 19.1 Å². The highest BCUT2D eigenvalue weighted by Crippen LogP contribution is 2.35. The van der Waals surface area contributed by atoms with Crippen LogP contribution in [0.5, 0.6) is 11.5 Å². The lowest BCUT2D eigenvalue weighted by Gasteiger charge is -2.18. The number of phenols is 1. The van der Waals surface area contributed by atoms with Gasteiger partial charge in [0.15, 0.2) is 0 Å². The van der Waals surface area contributed by atoms with E-state index in [1.807, 2.05) is 0 Å². The minimum absolute atomic E-state index is 0.203. The van der Waals surface area contributed by atoms with E-state index in [-0.39, 0.29) is 17.8 Å². The van der Waals surface area contributed by atoms with Gasteiger partial charge >= 0.3 is 6.36 Å². The lowest BCUT2D eigenvalue weighted by molar-refractivity contribution is -0.274. The molecule has 2 aromatic heterocycles. The SMILES string of the molecule is CC(C)(O)CNc1nnc(-c2ccc(OC(F)(F)F)cc2O)c2cccn12. The van der Waals surface area contributed by atoms with E-state index in [4.69, 9.17) is 0 Å². The molecule has 0 fully saturated rings. The zero-order valence-corrected chi connectivity index (χ0v) is 14.4. The lowest BCUT2D eigenvalue weighted by atomic mass is 10.1. The van der Waals surface area contributed by atoms with E-state index < -0.39 is 23.5 Å². The highest BCUT2D eigenvalue weighted by atomic mass is 19.4. The number of hydrogen-bond donors (Lipinski definition) is 3. The van der Waals surface area contributed by atoms with Crippen LogP contribution in [0.2, 0.25) is 0 Å². The second kappa shape index (κ2) is 6.62. The molecule has 0 unspecified atom stereocenters. The fourth-order valence-corrected chi connectivity index (χ4v) is 2.47. The normalized spacial score (nSPS) is 12.4. The summed E-state index contributed by atoms with van der Waals surface area (Å²) in [6.07, 6.45) is -3.14. The van der Waals surface area contributed by atoms with Gasteiger partial charge < -0.3 is 20.3 Å². The summed E-state index contributed by atoms with van der Waals surface area (Å²) in [5.74, 6) is -0.588. The lowest BCUT2D eigenvalue weighted by Crippen LogP contribution is -2.30. The Labute approximate surface area is 152 Å². The van der Waals surface area contributed by atoms with Gasteiger partial charge in [0.25, 0.3) is 0 Å². The Balaban J connectivity index is 1.97. The molecule has 2 heterocycles. The Hall–Kier alpha value is -3.01. The summed E-state index contributed by atoms with van der Waals surface area (Å²) in [7, 11) is 0. The number of nitrogens with zero attached hydrogens (tertiary/aromatic N) is 3. The van der Waals surface area contributed by atoms with Crippen LogP contribution in [-0.2, 0) is 0 Å². The number of nitrogens with one attached hydrogen (secondary N) is 1. The summed E-state index contributed by atoms with van der Waals surface area (Å²) in [5, 5.41) is 31.1. The second-order valence-corrected chi connectivity index (χ2v) is 6.53. The number of ether oxygens (including phenoxy) is 1. The Bertz CT molecular complexity index is 964. The third kappa shape index (κ3) is 4.40. The molecule has 0 radical (unpaired) electrons. The molecule has 27 heavy (non-hydrogen) atoms. The number of halogens is 3. The Morgan fingerprint density at radius 3 is 2.56 bits per heavy atom. The highest BCUT2D eigenvalue weighted by Gasteiger charge is 2.31. The van der Waals surface area contributed by atoms with E-state index in [9.17, 15) is 23.4 Å². The van der Waals surface area contributed by atoms with Crippen molar-refractivity contribution in [3.05, 3.63) is 36.5 Å². The van der Waals surface area contributed by atoms with Crippen molar-refractivity contribution in [2.24, 2.45) is 0 Å². The first kappa shape index (κ1) is 18.8. The molecular formula is C17H17F3N4O3. The number of rotatable bonds is 5. The molecule has 0 aliphatic rings. The molecule has 1 aromatic carbocycles. The quantitative estimate of drug-likeness (QED) is 0.628. The summed E-state index contributed by atoms with van der Waals surface area (Å²) in [6.45, 7) is 3.50. The minimum atomic E-state index is -4.85. The molecule has 0 spiro atoms. The molecule has 7 nitrogen and oxygen atoms in total. The maximum absolute atomic E-state index is 12.3. The molecule has 0 saturated heterocycles. The number of phenolic OH excluding ortho intramolecular Hbond substituents is 1. The first-order valence-corrected chi connectivity index (χ1v) is 7.93. The van der Waals surface area contributed by atoms with Crippen molar-refractivity contribution >= 4 is 11.5 Å². The zero-order chi connectivity index (χ0) is 19.8. The summed E-state index contributed by atoms with van der Waals surface area (Å²) < 4.78 is 42.4. The van der Waals surface area contributed by atoms with Gasteiger partial charge in [-0.1, -0.05) is 0 Å². The molecule has 3 aromatic rings. The maximum Gasteiger partial charge on any atom is 0.573 e. The van der Waals surface area contributed by atoms with Crippen LogP contribution in [0, 0.1) is 0 Å². The van der Waals surface area contributed by atoms with E-state index >= 15 is 0 Å². The standard InChI is InChI=1S/C17H17F3N4O3/c1-16(2,26)9-21-15-23-22-14(12-4-3-7-24(12)15)11-6-5-10(8-13(11)25)27-17(18,19)20/h3-8,25-26H,9H2,1-2H3,(H,21,23). The molecule has 3 N–H and O–H groups in total. The highest BCUT2D eigenvalue weighted by molar-refractivity contribution is 5.81. The molecule has 0 aliphatic carbocycles. The average molecular weight is 382 g/mol. The van der Waals surface area contributed by atoms with Crippen molar-refractivity contribution in [2.45, 2.75) is 25.8 Å². The number of aromatic nitrogens is 3. The van der Waals surface area contributed by atoms with Crippen LogP contribution in [0.1, 0.15) is 13.8 Å². The van der Waals surface area contributed by atoms with Crippen molar-refractivity contribution in [1.29, 1.82) is 0 Å². The van der Waals surface area contributed by atoms with Crippen LogP contribution in [0.25, 0.3) is 16.8 Å². The fourth-order valence-electron chi connectivity index (χ4n) is 2.47. The second-order valence-electron chi connectivity index (χ2n) is 6.53. The van der Waals surface area contributed by atoms with Gasteiger partial charge in [-0.15, -0.1) is 23.4 Å². The Kier molecular flexibility index (Phi) is 4.60. The van der Waals surface area contributed by atoms with Gasteiger partial charge in [-0.3, -0.25) is 4.40 Å². The predicted molar refractivity (Wildman–Crippen MR) is 91.6 cm³/mol. The first-order valence-electron chi connectivity index (χ1n) is 7.93. The molecule has 0 aliphatic heterocycles. The van der Waals surface area contributed by atoms with Crippen molar-refractivity contribution in [3.8, 4) is 22.8 Å². The fraction of sp³-hybridized carbons (Fsp3) is 0.294. The van der Waals surface area contributed by atoms with Crippen LogP contribution in [0.15, 0.2) is 36.5 Å². The summed E-state index contributed by atoms with van der Waals surface area (Å²) in [6, 6.07) is 6.68. The van der Waals surface area contributed by atoms with E-state index in [2.05, 4.69) is 20.3 Å². The van der Waals surface area contributed by atoms with E-state index in [1.54, 1.807) is 36.6 Å². The predicted octanol–water partition coefficient (Wildman–Crippen LogP) is 3.18. The third-order valence-electron chi connectivity index (χ3n) is 3.60. The molecule has 0 amide bonds. The molecule has 0 saturated carbocycles. The van der Waals surface area contributed by atoms with Crippen molar-refractivity contribution < 1.29 is 28.1 Å². The number of hydrogen-bond acceptors (Lipinski definition) is 6. The minimum Gasteiger partial charge on any atom is -0.507 e. The van der Waals surface area contributed by atoms with E-state index in [0.29, 0.717) is 11.5 Å². The molecule has 0 atom stereocenters. The Morgan fingerprint density at radius 2 is 1.93 bits per heavy atom. The van der Waals surface area contributed by atoms with Gasteiger partial charge in [-0.25, -0.2) is 0 Å². The largest absolute Gasteiger partial charge is 0.573 e. The number of fused-ring (bicyclic) bond motifs is 1. The van der Waals surface area contributed by atoms with Gasteiger partial charge in [0.2, 0.25) is 5.95 Å². The molecular weight excluding hydrogens is 365 g/mol. The topological polar surface area (TPSA) is 91.9 Å². The van der Waals surface area contributed by atoms with Crippen LogP contribution >= 0.6 is 0 Å². The Morgan fingerprint density at radius 1 is 1.19 bits per heavy atom. The third-order valence-corrected chi connectivity index (χ3v) is 3.60. The maximum atomic E-state index is 12.3. The van der Waals surface area contributed by atoms with Gasteiger partial charge in [0, 0.05) is 24.4 Å². The van der Waals surface area contributed by atoms with Gasteiger partial charge in [-0.2, -0.15) is 0 Å². The van der Waals surface area contributed by atoms with Gasteiger partial charge in [-0.05, 0) is 38.1 Å². The number of anilines is 1. The molecule has 3 rings (SSSR count). The summed E-state index contributed by atoms with van der Waals surface area (Å²) in [4.78, 5) is 0. The van der Waals surface area contributed by atoms with Gasteiger partial charge in [0.05, 0.1) is 11.1 Å². The van der Waals surface area contributed by atoms with Crippen LogP contribution in [0.3, 0.4) is 0 Å². The average Bonchev–Trinajstić information content (AvgIpc) is 3.00. The summed E-state index contributed by atoms with van der Waals surface area (Å²) in [5.41, 5.74) is 0.0922. The molecule has 0 bridgehead atoms. The zero-order valence-electron chi connectivity index (χ0n) is 14.4. The number of aromatic hydroxyl groups is 1. The molecule has 10 heteroatoms.